The molecule has 0 saturated carbocycles. The monoisotopic (exact) mass is 914 g/mol. The number of hydrogen-bond donors (Lipinski definition) is 4. The molecule has 5 aromatic rings. The van der Waals surface area contributed by atoms with Gasteiger partial charge in [-0.05, 0) is 35.5 Å². The van der Waals surface area contributed by atoms with Crippen LogP contribution in [0, 0.1) is 0 Å². The van der Waals surface area contributed by atoms with Crippen LogP contribution in [0.15, 0.2) is 48.0 Å². The number of fused-ring (bicyclic) bond motifs is 3. The molecule has 4 aromatic heterocycles. The summed E-state index contributed by atoms with van der Waals surface area (Å²) in [4.78, 5) is 58.3. The number of anilines is 2. The van der Waals surface area contributed by atoms with E-state index in [1.165, 1.54) is 10.9 Å². The van der Waals surface area contributed by atoms with Crippen LogP contribution in [0.3, 0.4) is 0 Å². The molecule has 2 saturated heterocycles. The topological polar surface area (TPSA) is 295 Å². The first-order valence-corrected chi connectivity index (χ1v) is 23.7. The van der Waals surface area contributed by atoms with Crippen LogP contribution in [0.5, 0.6) is 5.75 Å². The van der Waals surface area contributed by atoms with Gasteiger partial charge in [0.2, 0.25) is 5.95 Å². The molecule has 330 valence electrons. The molecule has 2 fully saturated rings. The number of aromatic amines is 1. The molecule has 61 heavy (non-hydrogen) atoms. The number of aromatic nitrogens is 8. The van der Waals surface area contributed by atoms with Crippen molar-refractivity contribution in [3.8, 4) is 5.75 Å². The maximum atomic E-state index is 17.0. The Morgan fingerprint density at radius 3 is 2.48 bits per heavy atom. The largest absolute Gasteiger partial charge is 0.427 e. The third-order valence-corrected chi connectivity index (χ3v) is 14.3. The van der Waals surface area contributed by atoms with Gasteiger partial charge in [0, 0.05) is 19.3 Å². The highest BCUT2D eigenvalue weighted by atomic mass is 32.7. The molecule has 0 amide bonds. The summed E-state index contributed by atoms with van der Waals surface area (Å²) in [5.41, 5.74) is 11.2. The summed E-state index contributed by atoms with van der Waals surface area (Å²) in [7, 11) is -3.69. The van der Waals surface area contributed by atoms with E-state index in [4.69, 9.17) is 44.0 Å². The van der Waals surface area contributed by atoms with Crippen LogP contribution in [0.25, 0.3) is 22.3 Å². The Morgan fingerprint density at radius 1 is 1.00 bits per heavy atom. The standard InChI is InChI=1S/C34H42F2N10O12P2S/c1-3-4-5-6-22(47)56-19-9-7-18(8-10-19)13-61-60(51)55-12-21-27(24(36)32(57-21)45-15-41-25-28(37)39-14-40-29(25)45)53-17-59(49,50)54-11-20(52-2)23(35)33(58-60)46-16-42-26-30(46)43-34(38)44-31(26)48/h7-10,14-16,20-21,23-24,27,32-33H,3-6,11-13,17H2,1-2H3,(H,49,50)(H2,37,39,40)(H3,38,43,44,48)/t20-,21-,23-,24-,27-,32-,33-,60?/m1/s1. The fourth-order valence-electron chi connectivity index (χ4n) is 6.48. The zero-order valence-electron chi connectivity index (χ0n) is 32.5. The van der Waals surface area contributed by atoms with E-state index >= 15 is 13.3 Å². The molecule has 9 atom stereocenters. The minimum absolute atomic E-state index is 0.00477. The lowest BCUT2D eigenvalue weighted by Crippen LogP contribution is -2.38. The minimum Gasteiger partial charge on any atom is -0.427 e. The molecule has 6 N–H and O–H groups in total. The van der Waals surface area contributed by atoms with Crippen molar-refractivity contribution < 1.29 is 60.1 Å². The lowest BCUT2D eigenvalue weighted by Gasteiger charge is -2.32. The van der Waals surface area contributed by atoms with Crippen molar-refractivity contribution in [3.63, 3.8) is 0 Å². The smallest absolute Gasteiger partial charge is 0.391 e. The molecule has 6 heterocycles. The summed E-state index contributed by atoms with van der Waals surface area (Å²) in [6.07, 6.45) is -7.94. The van der Waals surface area contributed by atoms with Gasteiger partial charge in [0.15, 0.2) is 47.4 Å². The zero-order chi connectivity index (χ0) is 43.5. The van der Waals surface area contributed by atoms with E-state index in [0.29, 0.717) is 23.4 Å². The maximum absolute atomic E-state index is 17.0. The Hall–Kier alpha value is -4.42. The quantitative estimate of drug-likeness (QED) is 0.0620. The first-order chi connectivity index (χ1) is 29.2. The van der Waals surface area contributed by atoms with Gasteiger partial charge in [-0.25, -0.2) is 33.3 Å². The molecule has 0 spiro atoms. The van der Waals surface area contributed by atoms with E-state index < -0.39 is 88.6 Å². The van der Waals surface area contributed by atoms with E-state index in [2.05, 4.69) is 29.9 Å². The van der Waals surface area contributed by atoms with Gasteiger partial charge in [-0.3, -0.25) is 37.3 Å². The van der Waals surface area contributed by atoms with E-state index in [0.717, 1.165) is 37.2 Å². The van der Waals surface area contributed by atoms with Crippen molar-refractivity contribution in [1.82, 2.24) is 39.0 Å². The number of alkyl halides is 2. The molecule has 1 aromatic carbocycles. The Bertz CT molecular complexity index is 2500. The highest BCUT2D eigenvalue weighted by Gasteiger charge is 2.50. The van der Waals surface area contributed by atoms with E-state index in [1.807, 2.05) is 6.92 Å². The Kier molecular flexibility index (Phi) is 13.8. The number of nitrogens with one attached hydrogen (secondary N) is 1. The number of nitrogens with two attached hydrogens (primary N) is 2. The van der Waals surface area contributed by atoms with Crippen LogP contribution in [0.4, 0.5) is 20.5 Å². The van der Waals surface area contributed by atoms with Crippen molar-refractivity contribution in [3.05, 3.63) is 59.2 Å². The number of halogens is 2. The zero-order valence-corrected chi connectivity index (χ0v) is 35.1. The number of unbranched alkanes of at least 4 members (excludes halogenated alkanes) is 2. The molecular formula is C34H42F2N10O12P2S. The first kappa shape index (κ1) is 44.6. The van der Waals surface area contributed by atoms with Gasteiger partial charge in [0.1, 0.15) is 42.3 Å². The van der Waals surface area contributed by atoms with Gasteiger partial charge >= 0.3 is 20.4 Å². The van der Waals surface area contributed by atoms with E-state index in [9.17, 15) is 19.0 Å². The molecule has 2 aliphatic heterocycles. The summed E-state index contributed by atoms with van der Waals surface area (Å²) < 4.78 is 104. The number of esters is 1. The summed E-state index contributed by atoms with van der Waals surface area (Å²) >= 11 is 0.604. The number of methoxy groups -OCH3 is 1. The van der Waals surface area contributed by atoms with Crippen LogP contribution in [-0.2, 0) is 47.5 Å². The second kappa shape index (κ2) is 18.9. The number of carbonyl (C=O) groups is 1. The second-order valence-corrected chi connectivity index (χ2v) is 19.7. The molecule has 22 nitrogen and oxygen atoms in total. The minimum atomic E-state index is -4.77. The summed E-state index contributed by atoms with van der Waals surface area (Å²) in [5.74, 6) is -0.584. The van der Waals surface area contributed by atoms with Gasteiger partial charge < -0.3 is 39.8 Å². The summed E-state index contributed by atoms with van der Waals surface area (Å²) in [5, 5.41) is 0. The first-order valence-electron chi connectivity index (χ1n) is 18.8. The Morgan fingerprint density at radius 2 is 1.74 bits per heavy atom. The van der Waals surface area contributed by atoms with Crippen LogP contribution in [-0.4, -0.2) is 107 Å². The summed E-state index contributed by atoms with van der Waals surface area (Å²) in [6.45, 7) is -4.36. The van der Waals surface area contributed by atoms with Gasteiger partial charge in [-0.1, -0.05) is 31.9 Å². The fourth-order valence-corrected chi connectivity index (χ4v) is 10.6. The van der Waals surface area contributed by atoms with Crippen molar-refractivity contribution in [2.24, 2.45) is 0 Å². The molecule has 0 bridgehead atoms. The molecule has 7 rings (SSSR count). The van der Waals surface area contributed by atoms with Crippen molar-refractivity contribution in [2.75, 3.05) is 38.1 Å². The summed E-state index contributed by atoms with van der Waals surface area (Å²) in [6, 6.07) is 6.30. The molecule has 27 heteroatoms. The number of benzene rings is 1. The number of H-pyrrole nitrogens is 1. The lowest BCUT2D eigenvalue weighted by molar-refractivity contribution is -0.134. The van der Waals surface area contributed by atoms with Gasteiger partial charge in [-0.15, -0.1) is 0 Å². The maximum Gasteiger partial charge on any atom is 0.391 e. The molecule has 0 aliphatic carbocycles. The van der Waals surface area contributed by atoms with E-state index in [-0.39, 0.29) is 52.0 Å². The molecular weight excluding hydrogens is 872 g/mol. The number of ether oxygens (including phenoxy) is 4. The van der Waals surface area contributed by atoms with Crippen LogP contribution >= 0.6 is 25.8 Å². The predicted molar refractivity (Wildman–Crippen MR) is 214 cm³/mol. The number of nitrogen functional groups attached to an aromatic ring is 2. The van der Waals surface area contributed by atoms with Crippen LogP contribution in [0.2, 0.25) is 0 Å². The van der Waals surface area contributed by atoms with Crippen molar-refractivity contribution in [1.29, 1.82) is 0 Å². The number of rotatable bonds is 11. The number of hydrogen-bond acceptors (Lipinski definition) is 19. The van der Waals surface area contributed by atoms with Crippen molar-refractivity contribution in [2.45, 2.75) is 81.5 Å². The van der Waals surface area contributed by atoms with Crippen LogP contribution in [0.1, 0.15) is 50.6 Å². The lowest BCUT2D eigenvalue weighted by atomic mass is 10.1. The highest BCUT2D eigenvalue weighted by Crippen LogP contribution is 2.65. The fraction of sp³-hybridized carbons (Fsp3) is 0.500. The molecule has 2 unspecified atom stereocenters. The van der Waals surface area contributed by atoms with Crippen molar-refractivity contribution >= 4 is 65.8 Å². The Labute approximate surface area is 348 Å². The highest BCUT2D eigenvalue weighted by molar-refractivity contribution is 8.54. The van der Waals surface area contributed by atoms with E-state index in [1.54, 1.807) is 24.3 Å². The van der Waals surface area contributed by atoms with Gasteiger partial charge in [0.25, 0.3) is 5.56 Å². The molecule has 0 radical (unpaired) electrons. The second-order valence-electron chi connectivity index (χ2n) is 13.9. The predicted octanol–water partition coefficient (Wildman–Crippen LogP) is 4.33. The normalized spacial score (nSPS) is 29.0. The number of carbonyl (C=O) groups excluding carboxylic acids is 1. The SMILES string of the molecule is CCCCCC(=O)Oc1ccc(CSP2(=O)OC[C@H]3O[C@@H](n4cnc5c(N)ncnc54)[C@H](F)[C@@H]3OCP(=O)(O)OC[C@@H](OC)[C@@H](F)[C@H](n3cnc4c(=O)[nH]c(N)nc43)O2)cc1. The molecule has 2 aliphatic rings. The average molecular weight is 915 g/mol. The van der Waals surface area contributed by atoms with Crippen LogP contribution < -0.4 is 21.8 Å². The van der Waals surface area contributed by atoms with Gasteiger partial charge in [0.05, 0.1) is 25.9 Å². The van der Waals surface area contributed by atoms with Gasteiger partial charge in [-0.2, -0.15) is 4.98 Å². The number of nitrogens with zero attached hydrogens (tertiary/aromatic N) is 7. The third kappa shape index (κ3) is 10.1. The third-order valence-electron chi connectivity index (χ3n) is 9.62. The Balaban J connectivity index is 1.23. The average Bonchev–Trinajstić information content (AvgIpc) is 3.94. The number of imidazole rings is 2.